The molecule has 0 aromatic carbocycles. The molecule has 0 bridgehead atoms. The van der Waals surface area contributed by atoms with E-state index in [1.54, 1.807) is 0 Å². The maximum atomic E-state index is 4.50. The van der Waals surface area contributed by atoms with Gasteiger partial charge in [-0.1, -0.05) is 31.2 Å². The molecule has 2 aliphatic carbocycles. The molecule has 14 heavy (non-hydrogen) atoms. The van der Waals surface area contributed by atoms with Gasteiger partial charge in [-0.05, 0) is 24.6 Å². The number of allylic oxidation sites excluding steroid dienone is 7. The number of aliphatic imine (C=N–C) groups is 1. The third kappa shape index (κ3) is 0.661. The molecule has 0 unspecified atom stereocenters. The van der Waals surface area contributed by atoms with Crippen LogP contribution >= 0.6 is 0 Å². The van der Waals surface area contributed by atoms with Gasteiger partial charge in [0.2, 0.25) is 0 Å². The molecule has 3 aliphatic rings. The first-order chi connectivity index (χ1) is 6.67. The van der Waals surface area contributed by atoms with Crippen LogP contribution in [-0.4, -0.2) is 5.71 Å². The average molecular weight is 183 g/mol. The van der Waals surface area contributed by atoms with E-state index in [1.165, 1.54) is 11.3 Å². The van der Waals surface area contributed by atoms with Crippen molar-refractivity contribution in [1.82, 2.24) is 0 Å². The summed E-state index contributed by atoms with van der Waals surface area (Å²) in [5, 5.41) is 0. The van der Waals surface area contributed by atoms with Crippen molar-refractivity contribution in [3.63, 3.8) is 0 Å². The molecule has 0 fully saturated rings. The summed E-state index contributed by atoms with van der Waals surface area (Å²) in [6.07, 6.45) is 15.0. The molecule has 1 heteroatoms. The Morgan fingerprint density at radius 2 is 1.93 bits per heavy atom. The molecule has 0 aromatic heterocycles. The van der Waals surface area contributed by atoms with Crippen molar-refractivity contribution in [2.45, 2.75) is 13.8 Å². The predicted molar refractivity (Wildman–Crippen MR) is 59.2 cm³/mol. The maximum absolute atomic E-state index is 4.50. The molecule has 0 N–H and O–H groups in total. The Morgan fingerprint density at radius 1 is 1.14 bits per heavy atom. The second-order valence-corrected chi connectivity index (χ2v) is 4.55. The molecule has 0 saturated carbocycles. The van der Waals surface area contributed by atoms with Crippen LogP contribution in [0.2, 0.25) is 0 Å². The minimum Gasteiger partial charge on any atom is -0.260 e. The third-order valence-electron chi connectivity index (χ3n) is 3.94. The van der Waals surface area contributed by atoms with E-state index in [-0.39, 0.29) is 10.8 Å². The predicted octanol–water partition coefficient (Wildman–Crippen LogP) is 3.03. The van der Waals surface area contributed by atoms with Gasteiger partial charge >= 0.3 is 0 Å². The van der Waals surface area contributed by atoms with Crippen LogP contribution in [0.4, 0.5) is 0 Å². The van der Waals surface area contributed by atoms with Crippen molar-refractivity contribution < 1.29 is 0 Å². The second-order valence-electron chi connectivity index (χ2n) is 4.55. The molecule has 0 saturated heterocycles. The molecular formula is C13H13N. The second kappa shape index (κ2) is 2.17. The fraction of sp³-hybridized carbons (Fsp3) is 0.308. The van der Waals surface area contributed by atoms with E-state index in [4.69, 9.17) is 0 Å². The Labute approximate surface area is 84.2 Å². The van der Waals surface area contributed by atoms with E-state index in [0.717, 1.165) is 0 Å². The molecule has 0 spiro atoms. The van der Waals surface area contributed by atoms with Crippen molar-refractivity contribution in [3.05, 3.63) is 48.2 Å². The summed E-state index contributed by atoms with van der Waals surface area (Å²) in [4.78, 5) is 4.50. The van der Waals surface area contributed by atoms with Crippen LogP contribution < -0.4 is 0 Å². The Kier molecular flexibility index (Phi) is 1.23. The van der Waals surface area contributed by atoms with Gasteiger partial charge in [-0.2, -0.15) is 0 Å². The zero-order valence-electron chi connectivity index (χ0n) is 8.49. The molecular weight excluding hydrogens is 170 g/mol. The first kappa shape index (κ1) is 7.98. The van der Waals surface area contributed by atoms with Crippen molar-refractivity contribution >= 4 is 5.71 Å². The first-order valence-electron chi connectivity index (χ1n) is 5.01. The highest BCUT2D eigenvalue weighted by atomic mass is 14.8. The fourth-order valence-electron chi connectivity index (χ4n) is 2.64. The van der Waals surface area contributed by atoms with Gasteiger partial charge in [0.1, 0.15) is 0 Å². The highest BCUT2D eigenvalue weighted by molar-refractivity contribution is 6.07. The smallest absolute Gasteiger partial charge is 0.0515 e. The summed E-state index contributed by atoms with van der Waals surface area (Å²) in [6, 6.07) is 0. The highest BCUT2D eigenvalue weighted by Crippen LogP contribution is 2.57. The average Bonchev–Trinajstić information content (AvgIpc) is 2.49. The summed E-state index contributed by atoms with van der Waals surface area (Å²) < 4.78 is 0. The van der Waals surface area contributed by atoms with Crippen LogP contribution in [-0.2, 0) is 0 Å². The summed E-state index contributed by atoms with van der Waals surface area (Å²) in [6.45, 7) is 4.55. The van der Waals surface area contributed by atoms with Crippen molar-refractivity contribution in [2.24, 2.45) is 15.8 Å². The van der Waals surface area contributed by atoms with Gasteiger partial charge in [0.05, 0.1) is 5.71 Å². The largest absolute Gasteiger partial charge is 0.260 e. The van der Waals surface area contributed by atoms with E-state index in [9.17, 15) is 0 Å². The van der Waals surface area contributed by atoms with Crippen molar-refractivity contribution in [2.75, 3.05) is 0 Å². The monoisotopic (exact) mass is 183 g/mol. The van der Waals surface area contributed by atoms with Gasteiger partial charge < -0.3 is 0 Å². The van der Waals surface area contributed by atoms with Gasteiger partial charge in [-0.15, -0.1) is 0 Å². The molecule has 3 rings (SSSR count). The molecule has 1 heterocycles. The van der Waals surface area contributed by atoms with E-state index in [1.807, 2.05) is 12.3 Å². The Bertz CT molecular complexity index is 410. The van der Waals surface area contributed by atoms with Gasteiger partial charge in [0.15, 0.2) is 0 Å². The van der Waals surface area contributed by atoms with Gasteiger partial charge in [-0.25, -0.2) is 0 Å². The van der Waals surface area contributed by atoms with Crippen LogP contribution in [0.5, 0.6) is 0 Å². The first-order valence-corrected chi connectivity index (χ1v) is 5.01. The van der Waals surface area contributed by atoms with Crippen molar-refractivity contribution in [1.29, 1.82) is 0 Å². The lowest BCUT2D eigenvalue weighted by molar-refractivity contribution is 0.364. The minimum atomic E-state index is 0.0660. The standard InChI is InChI=1S/C13H13N/c1-12-7-5-10-4-3-9-14-11(6-8-12)13(10,12)2/h3-9H,1-2H3/t12-,13+/m0/s1. The number of hydrogen-bond acceptors (Lipinski definition) is 1. The third-order valence-corrected chi connectivity index (χ3v) is 3.94. The van der Waals surface area contributed by atoms with Gasteiger partial charge in [0.25, 0.3) is 0 Å². The van der Waals surface area contributed by atoms with Crippen LogP contribution in [0.3, 0.4) is 0 Å². The molecule has 0 amide bonds. The highest BCUT2D eigenvalue weighted by Gasteiger charge is 2.52. The topological polar surface area (TPSA) is 12.4 Å². The van der Waals surface area contributed by atoms with Gasteiger partial charge in [-0.3, -0.25) is 4.99 Å². The lowest BCUT2D eigenvalue weighted by Gasteiger charge is -2.35. The maximum Gasteiger partial charge on any atom is 0.0515 e. The van der Waals surface area contributed by atoms with E-state index < -0.39 is 0 Å². The summed E-state index contributed by atoms with van der Waals surface area (Å²) in [5.41, 5.74) is 2.75. The molecule has 0 aromatic rings. The fourth-order valence-corrected chi connectivity index (χ4v) is 2.64. The molecule has 70 valence electrons. The zero-order chi connectivity index (χ0) is 9.81. The Morgan fingerprint density at radius 3 is 2.79 bits per heavy atom. The Balaban J connectivity index is 2.34. The Hall–Kier alpha value is -1.37. The normalized spacial score (nSPS) is 42.1. The minimum absolute atomic E-state index is 0.0660. The zero-order valence-corrected chi connectivity index (χ0v) is 8.49. The van der Waals surface area contributed by atoms with E-state index >= 15 is 0 Å². The number of nitrogens with zero attached hydrogens (tertiary/aromatic N) is 1. The van der Waals surface area contributed by atoms with Crippen LogP contribution in [0, 0.1) is 10.8 Å². The summed E-state index contributed by atoms with van der Waals surface area (Å²) in [5.74, 6) is 0. The lowest BCUT2D eigenvalue weighted by Crippen LogP contribution is -2.34. The molecule has 0 radical (unpaired) electrons. The summed E-state index contributed by atoms with van der Waals surface area (Å²) >= 11 is 0. The van der Waals surface area contributed by atoms with E-state index in [0.29, 0.717) is 0 Å². The SMILES string of the molecule is C[C@]12C=CC3=CC=CN=C(C=C1)[C@@]32C. The van der Waals surface area contributed by atoms with Crippen LogP contribution in [0.1, 0.15) is 13.8 Å². The van der Waals surface area contributed by atoms with Crippen molar-refractivity contribution in [3.8, 4) is 0 Å². The van der Waals surface area contributed by atoms with Crippen LogP contribution in [0.15, 0.2) is 53.2 Å². The van der Waals surface area contributed by atoms with Crippen LogP contribution in [0.25, 0.3) is 0 Å². The number of hydrogen-bond donors (Lipinski definition) is 0. The molecule has 1 nitrogen and oxygen atoms in total. The molecule has 1 aliphatic heterocycles. The van der Waals surface area contributed by atoms with Gasteiger partial charge in [0, 0.05) is 17.0 Å². The van der Waals surface area contributed by atoms with E-state index in [2.05, 4.69) is 49.2 Å². The summed E-state index contributed by atoms with van der Waals surface area (Å²) in [7, 11) is 0. The number of rotatable bonds is 0. The lowest BCUT2D eigenvalue weighted by atomic mass is 9.67. The quantitative estimate of drug-likeness (QED) is 0.547. The molecule has 2 atom stereocenters.